The molecule has 0 saturated carbocycles. The minimum atomic E-state index is -3.58. The van der Waals surface area contributed by atoms with Gasteiger partial charge in [0, 0.05) is 6.26 Å². The number of nitrogens with zero attached hydrogens (tertiary/aromatic N) is 3. The highest BCUT2D eigenvalue weighted by Gasteiger charge is 2.25. The quantitative estimate of drug-likeness (QED) is 0.786. The van der Waals surface area contributed by atoms with Crippen molar-refractivity contribution in [2.24, 2.45) is 0 Å². The Bertz CT molecular complexity index is 952. The van der Waals surface area contributed by atoms with Crippen LogP contribution in [0.2, 0.25) is 5.02 Å². The van der Waals surface area contributed by atoms with Gasteiger partial charge in [0.15, 0.2) is 9.84 Å². The largest absolute Gasteiger partial charge is 0.224 e. The molecule has 1 heterocycles. The molecule has 1 N–H and O–H groups in total. The van der Waals surface area contributed by atoms with Crippen LogP contribution >= 0.6 is 11.6 Å². The van der Waals surface area contributed by atoms with Crippen LogP contribution in [0.1, 0.15) is 5.56 Å². The number of aromatic nitrogens is 4. The van der Waals surface area contributed by atoms with Crippen LogP contribution in [0.3, 0.4) is 0 Å². The van der Waals surface area contributed by atoms with E-state index < -0.39 is 9.84 Å². The molecule has 3 aromatic rings. The molecule has 0 unspecified atom stereocenters. The molecule has 2 aromatic carbocycles. The van der Waals surface area contributed by atoms with Gasteiger partial charge in [0.25, 0.3) is 0 Å². The average molecular weight is 349 g/mol. The first-order valence-electron chi connectivity index (χ1n) is 6.71. The molecule has 1 aromatic heterocycles. The van der Waals surface area contributed by atoms with Crippen LogP contribution in [-0.4, -0.2) is 35.3 Å². The number of hydrogen-bond acceptors (Lipinski definition) is 5. The second-order valence-electron chi connectivity index (χ2n) is 5.17. The van der Waals surface area contributed by atoms with Gasteiger partial charge in [-0.2, -0.15) is 5.21 Å². The number of tetrazole rings is 1. The zero-order valence-electron chi connectivity index (χ0n) is 12.4. The number of aromatic amines is 1. The molecule has 0 spiro atoms. The highest BCUT2D eigenvalue weighted by Crippen LogP contribution is 2.39. The van der Waals surface area contributed by atoms with Gasteiger partial charge in [-0.1, -0.05) is 47.5 Å². The molecule has 0 aliphatic heterocycles. The number of nitrogens with one attached hydrogen (secondary N) is 1. The molecule has 23 heavy (non-hydrogen) atoms. The molecule has 0 aliphatic carbocycles. The molecule has 0 saturated heterocycles. The molecule has 0 bridgehead atoms. The first-order valence-corrected chi connectivity index (χ1v) is 8.98. The van der Waals surface area contributed by atoms with E-state index in [2.05, 4.69) is 20.6 Å². The average Bonchev–Trinajstić information content (AvgIpc) is 3.00. The maximum Gasteiger partial charge on any atom is 0.206 e. The monoisotopic (exact) mass is 348 g/mol. The molecule has 8 heteroatoms. The van der Waals surface area contributed by atoms with Gasteiger partial charge in [-0.3, -0.25) is 0 Å². The number of rotatable bonds is 3. The summed E-state index contributed by atoms with van der Waals surface area (Å²) in [5.41, 5.74) is 2.97. The van der Waals surface area contributed by atoms with Gasteiger partial charge in [0.2, 0.25) is 5.82 Å². The predicted octanol–water partition coefficient (Wildman–Crippen LogP) is 2.90. The Kier molecular flexibility index (Phi) is 3.91. The van der Waals surface area contributed by atoms with Crippen LogP contribution in [0.25, 0.3) is 22.5 Å². The van der Waals surface area contributed by atoms with E-state index in [0.29, 0.717) is 11.1 Å². The van der Waals surface area contributed by atoms with Crippen LogP contribution in [0.15, 0.2) is 41.3 Å². The number of aryl methyl sites for hydroxylation is 1. The lowest BCUT2D eigenvalue weighted by atomic mass is 9.98. The Hall–Kier alpha value is -2.25. The van der Waals surface area contributed by atoms with E-state index in [1.54, 1.807) is 12.1 Å². The van der Waals surface area contributed by atoms with Crippen molar-refractivity contribution in [3.8, 4) is 22.5 Å². The first kappa shape index (κ1) is 15.6. The van der Waals surface area contributed by atoms with Gasteiger partial charge in [0.1, 0.15) is 0 Å². The molecule has 0 radical (unpaired) electrons. The van der Waals surface area contributed by atoms with E-state index in [-0.39, 0.29) is 15.7 Å². The maximum atomic E-state index is 12.2. The third-order valence-electron chi connectivity index (χ3n) is 3.41. The maximum absolute atomic E-state index is 12.2. The van der Waals surface area contributed by atoms with Gasteiger partial charge >= 0.3 is 0 Å². The summed E-state index contributed by atoms with van der Waals surface area (Å²) >= 11 is 6.15. The standard InChI is InChI=1S/C15H13ClN4O2S/c1-9-3-5-10(6-4-9)11-7-8-12(16)14(23(2,21)22)13(11)15-17-19-20-18-15/h3-8H,1-2H3,(H,17,18,19,20). The minimum absolute atomic E-state index is 0.00126. The summed E-state index contributed by atoms with van der Waals surface area (Å²) < 4.78 is 24.5. The third kappa shape index (κ3) is 2.97. The van der Waals surface area contributed by atoms with Crippen molar-refractivity contribution in [2.75, 3.05) is 6.26 Å². The van der Waals surface area contributed by atoms with Crippen LogP contribution in [-0.2, 0) is 9.84 Å². The van der Waals surface area contributed by atoms with Crippen molar-refractivity contribution in [1.29, 1.82) is 0 Å². The van der Waals surface area contributed by atoms with E-state index in [1.165, 1.54) is 0 Å². The van der Waals surface area contributed by atoms with Crippen LogP contribution < -0.4 is 0 Å². The highest BCUT2D eigenvalue weighted by atomic mass is 35.5. The van der Waals surface area contributed by atoms with E-state index in [4.69, 9.17) is 11.6 Å². The molecule has 3 rings (SSSR count). The first-order chi connectivity index (χ1) is 10.9. The molecule has 0 aliphatic rings. The summed E-state index contributed by atoms with van der Waals surface area (Å²) in [6, 6.07) is 11.0. The van der Waals surface area contributed by atoms with Gasteiger partial charge in [-0.15, -0.1) is 10.2 Å². The topological polar surface area (TPSA) is 88.6 Å². The lowest BCUT2D eigenvalue weighted by Gasteiger charge is -2.13. The minimum Gasteiger partial charge on any atom is -0.224 e. The Morgan fingerprint density at radius 3 is 2.35 bits per heavy atom. The molecule has 0 atom stereocenters. The smallest absolute Gasteiger partial charge is 0.206 e. The summed E-state index contributed by atoms with van der Waals surface area (Å²) in [6.07, 6.45) is 1.11. The second-order valence-corrected chi connectivity index (χ2v) is 7.53. The van der Waals surface area contributed by atoms with Gasteiger partial charge in [0.05, 0.1) is 15.5 Å². The van der Waals surface area contributed by atoms with Crippen LogP contribution in [0.5, 0.6) is 0 Å². The fourth-order valence-corrected chi connectivity index (χ4v) is 3.96. The molecule has 0 amide bonds. The summed E-state index contributed by atoms with van der Waals surface area (Å²) in [4.78, 5) is -0.00126. The molecule has 0 fully saturated rings. The van der Waals surface area contributed by atoms with E-state index >= 15 is 0 Å². The van der Waals surface area contributed by atoms with Gasteiger partial charge in [-0.05, 0) is 29.3 Å². The van der Waals surface area contributed by atoms with Crippen molar-refractivity contribution >= 4 is 21.4 Å². The zero-order valence-corrected chi connectivity index (χ0v) is 14.0. The Labute approximate surface area is 138 Å². The number of halogens is 1. The van der Waals surface area contributed by atoms with E-state index in [9.17, 15) is 8.42 Å². The van der Waals surface area contributed by atoms with Crippen molar-refractivity contribution in [3.05, 3.63) is 47.0 Å². The SMILES string of the molecule is Cc1ccc(-c2ccc(Cl)c(S(C)(=O)=O)c2-c2nn[nH]n2)cc1. The molecule has 118 valence electrons. The molecular formula is C15H13ClN4O2S. The zero-order chi connectivity index (χ0) is 16.6. The predicted molar refractivity (Wildman–Crippen MR) is 87.9 cm³/mol. The van der Waals surface area contributed by atoms with Crippen molar-refractivity contribution in [2.45, 2.75) is 11.8 Å². The summed E-state index contributed by atoms with van der Waals surface area (Å²) in [5, 5.41) is 13.9. The second kappa shape index (κ2) is 5.75. The van der Waals surface area contributed by atoms with E-state index in [1.807, 2.05) is 31.2 Å². The normalized spacial score (nSPS) is 11.6. The summed E-state index contributed by atoms with van der Waals surface area (Å²) in [7, 11) is -3.58. The van der Waals surface area contributed by atoms with Gasteiger partial charge in [-0.25, -0.2) is 8.42 Å². The fourth-order valence-electron chi connectivity index (χ4n) is 2.38. The lowest BCUT2D eigenvalue weighted by molar-refractivity contribution is 0.602. The van der Waals surface area contributed by atoms with Crippen LogP contribution in [0, 0.1) is 6.92 Å². The Morgan fingerprint density at radius 1 is 1.09 bits per heavy atom. The summed E-state index contributed by atoms with van der Waals surface area (Å²) in [5.74, 6) is 0.184. The molecular weight excluding hydrogens is 336 g/mol. The fraction of sp³-hybridized carbons (Fsp3) is 0.133. The Morgan fingerprint density at radius 2 is 1.78 bits per heavy atom. The van der Waals surface area contributed by atoms with E-state index in [0.717, 1.165) is 17.4 Å². The number of benzene rings is 2. The van der Waals surface area contributed by atoms with Crippen molar-refractivity contribution < 1.29 is 8.42 Å². The van der Waals surface area contributed by atoms with Crippen LogP contribution in [0.4, 0.5) is 0 Å². The Balaban J connectivity index is 2.39. The molecule has 6 nitrogen and oxygen atoms in total. The lowest BCUT2D eigenvalue weighted by Crippen LogP contribution is -2.04. The highest BCUT2D eigenvalue weighted by molar-refractivity contribution is 7.91. The summed E-state index contributed by atoms with van der Waals surface area (Å²) in [6.45, 7) is 1.98. The van der Waals surface area contributed by atoms with Crippen molar-refractivity contribution in [3.63, 3.8) is 0 Å². The number of sulfone groups is 1. The van der Waals surface area contributed by atoms with Crippen molar-refractivity contribution in [1.82, 2.24) is 20.6 Å². The number of H-pyrrole nitrogens is 1. The number of hydrogen-bond donors (Lipinski definition) is 1. The third-order valence-corrected chi connectivity index (χ3v) is 5.00. The van der Waals surface area contributed by atoms with Gasteiger partial charge < -0.3 is 0 Å².